The standard InChI is InChI=1S/C10H9N3O3/c1-6-2-4-7(5-3-6)16-10-12-8(14)11-9(15)13-10/h2-5H,1H3,(H2,11,12,13,14,15). The summed E-state index contributed by atoms with van der Waals surface area (Å²) in [5.41, 5.74) is 1.09. The van der Waals surface area contributed by atoms with Crippen LogP contribution in [0.1, 0.15) is 5.56 Å². The maximum Gasteiger partial charge on any atom is 0.331 e. The van der Waals surface area contributed by atoms with Gasteiger partial charge >= 0.3 is 18.0 Å². The van der Waals surface area contributed by atoms with Crippen LogP contribution in [0.3, 0.4) is 0 Å². The van der Waals surface area contributed by atoms with Crippen LogP contribution in [0.25, 0.3) is 0 Å². The molecule has 16 heavy (non-hydrogen) atoms. The number of aromatic nitrogens is 3. The highest BCUT2D eigenvalue weighted by Gasteiger charge is 2.06. The molecule has 0 radical (unpaired) electrons. The van der Waals surface area contributed by atoms with Crippen LogP contribution < -0.4 is 4.74 Å². The molecule has 1 heterocycles. The molecule has 1 aromatic heterocycles. The van der Waals surface area contributed by atoms with E-state index in [1.54, 1.807) is 12.1 Å². The molecule has 1 aromatic carbocycles. The summed E-state index contributed by atoms with van der Waals surface area (Å²) in [7, 11) is 0. The second kappa shape index (κ2) is 4.01. The van der Waals surface area contributed by atoms with Crippen LogP contribution in [0, 0.1) is 6.92 Å². The Balaban J connectivity index is 2.23. The molecule has 0 spiro atoms. The summed E-state index contributed by atoms with van der Waals surface area (Å²) in [5.74, 6) is 0.510. The van der Waals surface area contributed by atoms with Crippen molar-refractivity contribution in [2.75, 3.05) is 0 Å². The number of hydrogen-bond acceptors (Lipinski definition) is 6. The molecular weight excluding hydrogens is 210 g/mol. The summed E-state index contributed by atoms with van der Waals surface area (Å²) in [6.45, 7) is 1.95. The topological polar surface area (TPSA) is 88.4 Å². The lowest BCUT2D eigenvalue weighted by Crippen LogP contribution is -1.93. The highest BCUT2D eigenvalue weighted by molar-refractivity contribution is 5.28. The van der Waals surface area contributed by atoms with Crippen molar-refractivity contribution >= 4 is 0 Å². The van der Waals surface area contributed by atoms with Crippen LogP contribution in [0.2, 0.25) is 0 Å². The molecule has 0 unspecified atom stereocenters. The summed E-state index contributed by atoms with van der Waals surface area (Å²) in [5, 5.41) is 18.0. The Morgan fingerprint density at radius 3 is 2.06 bits per heavy atom. The van der Waals surface area contributed by atoms with Gasteiger partial charge in [-0.15, -0.1) is 15.0 Å². The van der Waals surface area contributed by atoms with Gasteiger partial charge in [-0.1, -0.05) is 17.7 Å². The van der Waals surface area contributed by atoms with E-state index in [1.165, 1.54) is 0 Å². The lowest BCUT2D eigenvalue weighted by molar-refractivity contribution is 0.350. The third-order valence-electron chi connectivity index (χ3n) is 1.82. The number of benzene rings is 1. The van der Waals surface area contributed by atoms with E-state index in [1.807, 2.05) is 19.1 Å². The van der Waals surface area contributed by atoms with Crippen molar-refractivity contribution in [1.29, 1.82) is 0 Å². The first-order valence-corrected chi connectivity index (χ1v) is 4.52. The molecule has 0 bridgehead atoms. The molecular formula is C10H9N3O3. The Morgan fingerprint density at radius 2 is 1.50 bits per heavy atom. The van der Waals surface area contributed by atoms with Gasteiger partial charge in [-0.25, -0.2) is 0 Å². The molecule has 0 fully saturated rings. The van der Waals surface area contributed by atoms with E-state index in [-0.39, 0.29) is 6.01 Å². The van der Waals surface area contributed by atoms with Crippen molar-refractivity contribution in [2.45, 2.75) is 6.92 Å². The van der Waals surface area contributed by atoms with Crippen LogP contribution in [0.5, 0.6) is 23.8 Å². The van der Waals surface area contributed by atoms with Gasteiger partial charge in [0.25, 0.3) is 0 Å². The van der Waals surface area contributed by atoms with E-state index < -0.39 is 12.0 Å². The normalized spacial score (nSPS) is 10.1. The zero-order valence-corrected chi connectivity index (χ0v) is 8.45. The van der Waals surface area contributed by atoms with Crippen LogP contribution >= 0.6 is 0 Å². The van der Waals surface area contributed by atoms with Gasteiger partial charge in [0.05, 0.1) is 0 Å². The first-order chi connectivity index (χ1) is 7.63. The minimum absolute atomic E-state index is 0.158. The SMILES string of the molecule is Cc1ccc(Oc2nc(O)nc(O)n2)cc1. The van der Waals surface area contributed by atoms with Gasteiger partial charge in [0.1, 0.15) is 5.75 Å². The number of hydrogen-bond donors (Lipinski definition) is 2. The summed E-state index contributed by atoms with van der Waals surface area (Å²) in [6, 6.07) is 5.84. The third kappa shape index (κ3) is 2.35. The first-order valence-electron chi connectivity index (χ1n) is 4.52. The van der Waals surface area contributed by atoms with Crippen molar-refractivity contribution in [2.24, 2.45) is 0 Å². The fourth-order valence-corrected chi connectivity index (χ4v) is 1.09. The number of aromatic hydroxyl groups is 2. The van der Waals surface area contributed by atoms with Gasteiger partial charge in [0, 0.05) is 0 Å². The number of aryl methyl sites for hydroxylation is 1. The fourth-order valence-electron chi connectivity index (χ4n) is 1.09. The molecule has 0 aliphatic heterocycles. The molecule has 6 nitrogen and oxygen atoms in total. The second-order valence-electron chi connectivity index (χ2n) is 3.13. The Labute approximate surface area is 91.2 Å². The summed E-state index contributed by atoms with van der Waals surface area (Å²) in [4.78, 5) is 10.2. The lowest BCUT2D eigenvalue weighted by Gasteiger charge is -2.03. The van der Waals surface area contributed by atoms with Gasteiger partial charge in [-0.3, -0.25) is 0 Å². The Kier molecular flexibility index (Phi) is 2.55. The van der Waals surface area contributed by atoms with Crippen LogP contribution in [-0.4, -0.2) is 25.2 Å². The largest absolute Gasteiger partial charge is 0.479 e. The fraction of sp³-hybridized carbons (Fsp3) is 0.100. The van der Waals surface area contributed by atoms with Gasteiger partial charge in [-0.2, -0.15) is 0 Å². The Bertz CT molecular complexity index is 479. The van der Waals surface area contributed by atoms with E-state index >= 15 is 0 Å². The van der Waals surface area contributed by atoms with E-state index in [9.17, 15) is 0 Å². The summed E-state index contributed by atoms with van der Waals surface area (Å²) < 4.78 is 5.21. The second-order valence-corrected chi connectivity index (χ2v) is 3.13. The number of ether oxygens (including phenoxy) is 1. The van der Waals surface area contributed by atoms with Gasteiger partial charge in [0.2, 0.25) is 0 Å². The predicted octanol–water partition coefficient (Wildman–Crippen LogP) is 1.38. The molecule has 6 heteroatoms. The van der Waals surface area contributed by atoms with E-state index in [0.717, 1.165) is 5.56 Å². The minimum atomic E-state index is -0.588. The predicted molar refractivity (Wildman–Crippen MR) is 54.4 cm³/mol. The Morgan fingerprint density at radius 1 is 0.938 bits per heavy atom. The first kappa shape index (κ1) is 10.2. The van der Waals surface area contributed by atoms with Crippen molar-refractivity contribution in [3.63, 3.8) is 0 Å². The molecule has 82 valence electrons. The lowest BCUT2D eigenvalue weighted by atomic mass is 10.2. The molecule has 0 aliphatic carbocycles. The zero-order chi connectivity index (χ0) is 11.5. The maximum atomic E-state index is 9.01. The average Bonchev–Trinajstić information content (AvgIpc) is 2.20. The molecule has 0 saturated carbocycles. The quantitative estimate of drug-likeness (QED) is 0.793. The van der Waals surface area contributed by atoms with Crippen LogP contribution in [0.15, 0.2) is 24.3 Å². The highest BCUT2D eigenvalue weighted by atomic mass is 16.5. The molecule has 0 aliphatic rings. The maximum absolute atomic E-state index is 9.01. The summed E-state index contributed by atoms with van der Waals surface area (Å²) in [6.07, 6.45) is 0. The highest BCUT2D eigenvalue weighted by Crippen LogP contribution is 2.20. The third-order valence-corrected chi connectivity index (χ3v) is 1.82. The van der Waals surface area contributed by atoms with E-state index in [4.69, 9.17) is 14.9 Å². The molecule has 0 atom stereocenters. The molecule has 2 N–H and O–H groups in total. The average molecular weight is 219 g/mol. The molecule has 2 rings (SSSR count). The molecule has 0 amide bonds. The molecule has 0 saturated heterocycles. The number of rotatable bonds is 2. The van der Waals surface area contributed by atoms with Gasteiger partial charge in [-0.05, 0) is 19.1 Å². The van der Waals surface area contributed by atoms with Crippen molar-refractivity contribution < 1.29 is 14.9 Å². The van der Waals surface area contributed by atoms with Crippen LogP contribution in [0.4, 0.5) is 0 Å². The Hall–Kier alpha value is -2.37. The van der Waals surface area contributed by atoms with Crippen molar-refractivity contribution in [1.82, 2.24) is 15.0 Å². The van der Waals surface area contributed by atoms with E-state index in [2.05, 4.69) is 15.0 Å². The van der Waals surface area contributed by atoms with Crippen molar-refractivity contribution in [3.8, 4) is 23.8 Å². The van der Waals surface area contributed by atoms with E-state index in [0.29, 0.717) is 5.75 Å². The van der Waals surface area contributed by atoms with Gasteiger partial charge < -0.3 is 14.9 Å². The summed E-state index contributed by atoms with van der Waals surface area (Å²) >= 11 is 0. The smallest absolute Gasteiger partial charge is 0.331 e. The van der Waals surface area contributed by atoms with Crippen LogP contribution in [-0.2, 0) is 0 Å². The minimum Gasteiger partial charge on any atom is -0.479 e. The zero-order valence-electron chi connectivity index (χ0n) is 8.45. The van der Waals surface area contributed by atoms with Gasteiger partial charge in [0.15, 0.2) is 0 Å². The molecule has 2 aromatic rings. The van der Waals surface area contributed by atoms with Crippen molar-refractivity contribution in [3.05, 3.63) is 29.8 Å². The number of nitrogens with zero attached hydrogens (tertiary/aromatic N) is 3. The monoisotopic (exact) mass is 219 g/mol.